The number of benzene rings is 1. The van der Waals surface area contributed by atoms with Crippen LogP contribution in [0.15, 0.2) is 46.9 Å². The van der Waals surface area contributed by atoms with Crippen LogP contribution in [-0.4, -0.2) is 31.2 Å². The van der Waals surface area contributed by atoms with E-state index in [0.717, 1.165) is 5.56 Å². The summed E-state index contributed by atoms with van der Waals surface area (Å²) < 4.78 is 22.7. The smallest absolute Gasteiger partial charge is 0.329 e. The first-order valence-electron chi connectivity index (χ1n) is 8.35. The Morgan fingerprint density at radius 3 is 2.31 bits per heavy atom. The minimum absolute atomic E-state index is 0.0189. The van der Waals surface area contributed by atoms with E-state index in [1.807, 2.05) is 44.2 Å². The number of carbonyl (C=O) groups excluding carboxylic acids is 2. The average Bonchev–Trinajstić information content (AvgIpc) is 3.08. The van der Waals surface area contributed by atoms with Crippen molar-refractivity contribution in [3.8, 4) is 0 Å². The topological polar surface area (TPSA) is 85.6 Å². The fourth-order valence-electron chi connectivity index (χ4n) is 2.27. The molecule has 0 radical (unpaired) electrons. The van der Waals surface area contributed by atoms with E-state index in [1.54, 1.807) is 13.3 Å². The summed E-state index contributed by atoms with van der Waals surface area (Å²) in [6, 6.07) is 11.5. The van der Waals surface area contributed by atoms with Crippen LogP contribution in [0.2, 0.25) is 0 Å². The van der Waals surface area contributed by atoms with Crippen molar-refractivity contribution in [3.05, 3.63) is 53.8 Å². The zero-order valence-corrected chi connectivity index (χ0v) is 16.3. The number of ether oxygens (including phenoxy) is 1. The molecule has 0 saturated carbocycles. The van der Waals surface area contributed by atoms with E-state index in [-0.39, 0.29) is 23.8 Å². The van der Waals surface area contributed by atoms with Gasteiger partial charge in [0.05, 0.1) is 0 Å². The highest BCUT2D eigenvalue weighted by molar-refractivity contribution is 7.69. The Bertz CT molecular complexity index is 806. The van der Waals surface area contributed by atoms with E-state index < -0.39 is 25.1 Å². The van der Waals surface area contributed by atoms with Gasteiger partial charge in [0, 0.05) is 0 Å². The number of nitrogens with one attached hydrogen (secondary N) is 1. The standard InChI is InChI=1S/C19H24NO5P/c1-13(2)17(19(22)24-12-14-8-6-5-7-9-14)20-18(21)15-10-11-16(25-15)26(3,4)23/h5-11,13,17H,12H2,1-4H3,(H,20,21)/t17-/m0/s1. The molecule has 0 aliphatic rings. The number of hydrogen-bond donors (Lipinski definition) is 1. The van der Waals surface area contributed by atoms with Gasteiger partial charge in [-0.1, -0.05) is 44.2 Å². The fourth-order valence-corrected chi connectivity index (χ4v) is 3.02. The van der Waals surface area contributed by atoms with Gasteiger partial charge in [0.25, 0.3) is 5.91 Å². The van der Waals surface area contributed by atoms with Crippen LogP contribution in [-0.2, 0) is 20.7 Å². The van der Waals surface area contributed by atoms with Crippen molar-refractivity contribution < 1.29 is 23.3 Å². The number of hydrogen-bond acceptors (Lipinski definition) is 5. The second-order valence-corrected chi connectivity index (χ2v) is 9.92. The van der Waals surface area contributed by atoms with Gasteiger partial charge in [-0.25, -0.2) is 4.79 Å². The molecule has 1 aromatic carbocycles. The van der Waals surface area contributed by atoms with Crippen molar-refractivity contribution in [2.24, 2.45) is 5.92 Å². The van der Waals surface area contributed by atoms with Crippen LogP contribution in [0, 0.1) is 5.92 Å². The van der Waals surface area contributed by atoms with Crippen molar-refractivity contribution in [3.63, 3.8) is 0 Å². The molecule has 2 rings (SSSR count). The van der Waals surface area contributed by atoms with Gasteiger partial charge < -0.3 is 19.0 Å². The van der Waals surface area contributed by atoms with E-state index >= 15 is 0 Å². The van der Waals surface area contributed by atoms with Gasteiger partial charge >= 0.3 is 5.97 Å². The van der Waals surface area contributed by atoms with Crippen LogP contribution in [0.4, 0.5) is 0 Å². The third kappa shape index (κ3) is 5.33. The van der Waals surface area contributed by atoms with Gasteiger partial charge in [-0.05, 0) is 36.9 Å². The van der Waals surface area contributed by atoms with Crippen molar-refractivity contribution >= 4 is 24.5 Å². The first-order valence-corrected chi connectivity index (χ1v) is 11.0. The normalized spacial score (nSPS) is 12.7. The van der Waals surface area contributed by atoms with Crippen molar-refractivity contribution in [1.29, 1.82) is 0 Å². The third-order valence-corrected chi connectivity index (χ3v) is 5.08. The lowest BCUT2D eigenvalue weighted by Crippen LogP contribution is -2.45. The van der Waals surface area contributed by atoms with E-state index in [2.05, 4.69) is 5.32 Å². The monoisotopic (exact) mass is 377 g/mol. The van der Waals surface area contributed by atoms with Gasteiger partial charge in [-0.15, -0.1) is 0 Å². The molecule has 26 heavy (non-hydrogen) atoms. The third-order valence-electron chi connectivity index (χ3n) is 3.78. The maximum atomic E-state index is 12.4. The molecule has 1 amide bonds. The predicted octanol–water partition coefficient (Wildman–Crippen LogP) is 3.03. The molecular formula is C19H24NO5P. The summed E-state index contributed by atoms with van der Waals surface area (Å²) >= 11 is 0. The lowest BCUT2D eigenvalue weighted by atomic mass is 10.0. The average molecular weight is 377 g/mol. The molecule has 0 fully saturated rings. The molecule has 0 aliphatic carbocycles. The second-order valence-electron chi connectivity index (χ2n) is 6.78. The first-order chi connectivity index (χ1) is 12.2. The van der Waals surface area contributed by atoms with Gasteiger partial charge in [0.1, 0.15) is 19.8 Å². The summed E-state index contributed by atoms with van der Waals surface area (Å²) in [4.78, 5) is 24.8. The Hall–Kier alpha value is -2.33. The maximum Gasteiger partial charge on any atom is 0.329 e. The Kier molecular flexibility index (Phi) is 6.43. The van der Waals surface area contributed by atoms with Crippen LogP contribution in [0.3, 0.4) is 0 Å². The quantitative estimate of drug-likeness (QED) is 0.592. The van der Waals surface area contributed by atoms with Crippen molar-refractivity contribution in [1.82, 2.24) is 5.32 Å². The molecule has 1 atom stereocenters. The first kappa shape index (κ1) is 20.0. The molecule has 1 N–H and O–H groups in total. The number of rotatable bonds is 7. The molecule has 1 heterocycles. The summed E-state index contributed by atoms with van der Waals surface area (Å²) in [5.41, 5.74) is 1.14. The lowest BCUT2D eigenvalue weighted by molar-refractivity contribution is -0.148. The molecule has 0 aliphatic heterocycles. The van der Waals surface area contributed by atoms with Crippen molar-refractivity contribution in [2.45, 2.75) is 26.5 Å². The molecule has 7 heteroatoms. The molecule has 1 aromatic heterocycles. The zero-order valence-electron chi connectivity index (χ0n) is 15.4. The SMILES string of the molecule is CC(C)[C@H](NC(=O)c1ccc(P(C)(C)=O)o1)C(=O)OCc1ccccc1. The minimum atomic E-state index is -2.59. The predicted molar refractivity (Wildman–Crippen MR) is 100 cm³/mol. The molecule has 0 unspecified atom stereocenters. The summed E-state index contributed by atoms with van der Waals surface area (Å²) in [7, 11) is -2.59. The molecular weight excluding hydrogens is 353 g/mol. The van der Waals surface area contributed by atoms with Gasteiger partial charge in [0.2, 0.25) is 0 Å². The highest BCUT2D eigenvalue weighted by Gasteiger charge is 2.28. The Morgan fingerprint density at radius 2 is 1.77 bits per heavy atom. The summed E-state index contributed by atoms with van der Waals surface area (Å²) in [5, 5.41) is 2.64. The fraction of sp³-hybridized carbons (Fsp3) is 0.368. The largest absolute Gasteiger partial charge is 0.459 e. The van der Waals surface area contributed by atoms with Gasteiger partial charge in [-0.2, -0.15) is 0 Å². The molecule has 6 nitrogen and oxygen atoms in total. The number of carbonyl (C=O) groups is 2. The van der Waals surface area contributed by atoms with E-state index in [1.165, 1.54) is 12.1 Å². The van der Waals surface area contributed by atoms with Crippen LogP contribution >= 0.6 is 7.14 Å². The maximum absolute atomic E-state index is 12.4. The second kappa shape index (κ2) is 8.37. The van der Waals surface area contributed by atoms with Crippen LogP contribution < -0.4 is 10.8 Å². The lowest BCUT2D eigenvalue weighted by Gasteiger charge is -2.20. The van der Waals surface area contributed by atoms with Crippen LogP contribution in [0.25, 0.3) is 0 Å². The van der Waals surface area contributed by atoms with Crippen LogP contribution in [0.5, 0.6) is 0 Å². The molecule has 2 aromatic rings. The van der Waals surface area contributed by atoms with E-state index in [9.17, 15) is 14.2 Å². The molecule has 0 bridgehead atoms. The molecule has 140 valence electrons. The van der Waals surface area contributed by atoms with Crippen LogP contribution in [0.1, 0.15) is 30.0 Å². The number of amides is 1. The zero-order chi connectivity index (χ0) is 19.3. The number of esters is 1. The summed E-state index contributed by atoms with van der Waals surface area (Å²) in [6.45, 7) is 6.89. The summed E-state index contributed by atoms with van der Waals surface area (Å²) in [5.74, 6) is -1.20. The van der Waals surface area contributed by atoms with Gasteiger partial charge in [0.15, 0.2) is 11.3 Å². The van der Waals surface area contributed by atoms with Gasteiger partial charge in [-0.3, -0.25) is 4.79 Å². The van der Waals surface area contributed by atoms with E-state index in [0.29, 0.717) is 0 Å². The summed E-state index contributed by atoms with van der Waals surface area (Å²) in [6.07, 6.45) is 0. The Balaban J connectivity index is 2.02. The molecule has 0 saturated heterocycles. The highest BCUT2D eigenvalue weighted by atomic mass is 31.2. The van der Waals surface area contributed by atoms with Crippen molar-refractivity contribution in [2.75, 3.05) is 13.3 Å². The number of furan rings is 1. The highest BCUT2D eigenvalue weighted by Crippen LogP contribution is 2.35. The molecule has 0 spiro atoms. The van der Waals surface area contributed by atoms with E-state index in [4.69, 9.17) is 9.15 Å². The minimum Gasteiger partial charge on any atom is -0.459 e. The Morgan fingerprint density at radius 1 is 1.12 bits per heavy atom. The Labute approximate surface area is 153 Å².